The standard InChI is InChI=1S/C12H15ClN2O3/c1-7-6-15(2-3-18-7)11-9(12(16)17)4-8(14)5-10(11)13/h4-5,7H,2-3,6,14H2,1H3,(H,16,17). The Balaban J connectivity index is 2.45. The lowest BCUT2D eigenvalue weighted by molar-refractivity contribution is 0.0528. The molecule has 5 nitrogen and oxygen atoms in total. The third-order valence-corrected chi connectivity index (χ3v) is 3.16. The van der Waals surface area contributed by atoms with Crippen molar-refractivity contribution in [1.29, 1.82) is 0 Å². The van der Waals surface area contributed by atoms with E-state index in [4.69, 9.17) is 22.1 Å². The van der Waals surface area contributed by atoms with Gasteiger partial charge in [0.15, 0.2) is 0 Å². The summed E-state index contributed by atoms with van der Waals surface area (Å²) in [5.74, 6) is -1.03. The summed E-state index contributed by atoms with van der Waals surface area (Å²) >= 11 is 6.13. The van der Waals surface area contributed by atoms with Crippen molar-refractivity contribution in [3.63, 3.8) is 0 Å². The highest BCUT2D eigenvalue weighted by Gasteiger charge is 2.24. The maximum absolute atomic E-state index is 11.3. The third kappa shape index (κ3) is 2.52. The van der Waals surface area contributed by atoms with Crippen LogP contribution < -0.4 is 10.6 Å². The number of ether oxygens (including phenoxy) is 1. The Labute approximate surface area is 110 Å². The van der Waals surface area contributed by atoms with Gasteiger partial charge >= 0.3 is 5.97 Å². The van der Waals surface area contributed by atoms with Gasteiger partial charge < -0.3 is 20.5 Å². The van der Waals surface area contributed by atoms with Gasteiger partial charge in [0.25, 0.3) is 0 Å². The minimum absolute atomic E-state index is 0.0500. The van der Waals surface area contributed by atoms with Crippen LogP contribution in [0.15, 0.2) is 12.1 Å². The summed E-state index contributed by atoms with van der Waals surface area (Å²) in [6.07, 6.45) is 0.0500. The van der Waals surface area contributed by atoms with Crippen molar-refractivity contribution >= 4 is 28.9 Å². The fraction of sp³-hybridized carbons (Fsp3) is 0.417. The van der Waals surface area contributed by atoms with Crippen molar-refractivity contribution in [3.05, 3.63) is 22.7 Å². The molecule has 0 radical (unpaired) electrons. The molecule has 1 heterocycles. The number of carbonyl (C=O) groups is 1. The number of carboxylic acids is 1. The third-order valence-electron chi connectivity index (χ3n) is 2.87. The Morgan fingerprint density at radius 2 is 2.33 bits per heavy atom. The molecule has 1 aromatic carbocycles. The summed E-state index contributed by atoms with van der Waals surface area (Å²) in [6.45, 7) is 3.73. The van der Waals surface area contributed by atoms with Gasteiger partial charge in [0, 0.05) is 18.8 Å². The second-order valence-electron chi connectivity index (χ2n) is 4.33. The van der Waals surface area contributed by atoms with Gasteiger partial charge in [-0.15, -0.1) is 0 Å². The molecule has 0 aliphatic carbocycles. The predicted molar refractivity (Wildman–Crippen MR) is 70.5 cm³/mol. The SMILES string of the molecule is CC1CN(c2c(Cl)cc(N)cc2C(=O)O)CCO1. The van der Waals surface area contributed by atoms with E-state index in [2.05, 4.69) is 0 Å². The topological polar surface area (TPSA) is 75.8 Å². The molecule has 1 aliphatic heterocycles. The normalized spacial score (nSPS) is 19.9. The molecular weight excluding hydrogens is 256 g/mol. The van der Waals surface area contributed by atoms with Crippen molar-refractivity contribution in [2.75, 3.05) is 30.3 Å². The number of hydrogen-bond donors (Lipinski definition) is 2. The Bertz CT molecular complexity index is 479. The smallest absolute Gasteiger partial charge is 0.337 e. The molecule has 18 heavy (non-hydrogen) atoms. The van der Waals surface area contributed by atoms with Gasteiger partial charge in [0.05, 0.1) is 29.0 Å². The molecule has 0 saturated carbocycles. The van der Waals surface area contributed by atoms with Crippen molar-refractivity contribution < 1.29 is 14.6 Å². The number of morpholine rings is 1. The molecule has 1 atom stereocenters. The Morgan fingerprint density at radius 1 is 1.61 bits per heavy atom. The number of nitrogens with two attached hydrogens (primary N) is 1. The highest BCUT2D eigenvalue weighted by Crippen LogP contribution is 2.33. The number of benzene rings is 1. The van der Waals surface area contributed by atoms with Crippen LogP contribution in [0.1, 0.15) is 17.3 Å². The summed E-state index contributed by atoms with van der Waals surface area (Å²) in [5.41, 5.74) is 6.64. The monoisotopic (exact) mass is 270 g/mol. The van der Waals surface area contributed by atoms with Crippen LogP contribution in [-0.4, -0.2) is 36.9 Å². The largest absolute Gasteiger partial charge is 0.478 e. The summed E-state index contributed by atoms with van der Waals surface area (Å²) in [4.78, 5) is 13.2. The lowest BCUT2D eigenvalue weighted by Gasteiger charge is -2.34. The van der Waals surface area contributed by atoms with E-state index in [1.54, 1.807) is 6.07 Å². The summed E-state index contributed by atoms with van der Waals surface area (Å²) in [5, 5.41) is 9.60. The van der Waals surface area contributed by atoms with Crippen LogP contribution in [0.5, 0.6) is 0 Å². The van der Waals surface area contributed by atoms with Gasteiger partial charge in [0.2, 0.25) is 0 Å². The molecule has 1 unspecified atom stereocenters. The molecule has 1 fully saturated rings. The van der Waals surface area contributed by atoms with E-state index in [9.17, 15) is 9.90 Å². The Hall–Kier alpha value is -1.46. The molecule has 0 amide bonds. The number of aromatic carboxylic acids is 1. The number of hydrogen-bond acceptors (Lipinski definition) is 4. The van der Waals surface area contributed by atoms with E-state index in [-0.39, 0.29) is 11.7 Å². The van der Waals surface area contributed by atoms with Gasteiger partial charge in [-0.05, 0) is 19.1 Å². The van der Waals surface area contributed by atoms with Crippen LogP contribution in [0.3, 0.4) is 0 Å². The number of rotatable bonds is 2. The highest BCUT2D eigenvalue weighted by atomic mass is 35.5. The van der Waals surface area contributed by atoms with E-state index in [1.165, 1.54) is 6.07 Å². The zero-order valence-electron chi connectivity index (χ0n) is 10.0. The van der Waals surface area contributed by atoms with Gasteiger partial charge in [-0.2, -0.15) is 0 Å². The Morgan fingerprint density at radius 3 is 2.94 bits per heavy atom. The number of nitrogens with zero attached hydrogens (tertiary/aromatic N) is 1. The molecule has 2 rings (SSSR count). The maximum atomic E-state index is 11.3. The lowest BCUT2D eigenvalue weighted by Crippen LogP contribution is -2.42. The second-order valence-corrected chi connectivity index (χ2v) is 4.74. The van der Waals surface area contributed by atoms with E-state index < -0.39 is 5.97 Å². The summed E-state index contributed by atoms with van der Waals surface area (Å²) in [7, 11) is 0. The lowest BCUT2D eigenvalue weighted by atomic mass is 10.1. The summed E-state index contributed by atoms with van der Waals surface area (Å²) < 4.78 is 5.44. The van der Waals surface area contributed by atoms with Gasteiger partial charge in [-0.3, -0.25) is 0 Å². The number of carboxylic acid groups (broad SMARTS) is 1. The quantitative estimate of drug-likeness (QED) is 0.802. The van der Waals surface area contributed by atoms with Crippen molar-refractivity contribution in [2.45, 2.75) is 13.0 Å². The zero-order chi connectivity index (χ0) is 13.3. The molecule has 1 aliphatic rings. The molecule has 6 heteroatoms. The van der Waals surface area contributed by atoms with Crippen LogP contribution in [0.2, 0.25) is 5.02 Å². The zero-order valence-corrected chi connectivity index (χ0v) is 10.8. The van der Waals surface area contributed by atoms with Crippen molar-refractivity contribution in [2.24, 2.45) is 0 Å². The van der Waals surface area contributed by atoms with Crippen LogP contribution in [0.4, 0.5) is 11.4 Å². The first-order chi connectivity index (χ1) is 8.49. The van der Waals surface area contributed by atoms with Crippen LogP contribution in [0.25, 0.3) is 0 Å². The molecule has 98 valence electrons. The fourth-order valence-corrected chi connectivity index (χ4v) is 2.47. The Kier molecular flexibility index (Phi) is 3.63. The molecule has 0 bridgehead atoms. The van der Waals surface area contributed by atoms with E-state index in [0.717, 1.165) is 0 Å². The highest BCUT2D eigenvalue weighted by molar-refractivity contribution is 6.34. The van der Waals surface area contributed by atoms with E-state index >= 15 is 0 Å². The molecule has 1 aromatic rings. The molecule has 1 saturated heterocycles. The predicted octanol–water partition coefficient (Wildman–Crippen LogP) is 1.85. The first kappa shape index (κ1) is 13.0. The van der Waals surface area contributed by atoms with Crippen LogP contribution in [0, 0.1) is 0 Å². The van der Waals surface area contributed by atoms with Gasteiger partial charge in [-0.1, -0.05) is 11.6 Å². The minimum atomic E-state index is -1.03. The average molecular weight is 271 g/mol. The maximum Gasteiger partial charge on any atom is 0.337 e. The number of anilines is 2. The second kappa shape index (κ2) is 5.04. The van der Waals surface area contributed by atoms with Crippen molar-refractivity contribution in [1.82, 2.24) is 0 Å². The fourth-order valence-electron chi connectivity index (χ4n) is 2.13. The molecule has 0 spiro atoms. The van der Waals surface area contributed by atoms with E-state index in [0.29, 0.717) is 36.1 Å². The van der Waals surface area contributed by atoms with E-state index in [1.807, 2.05) is 11.8 Å². The van der Waals surface area contributed by atoms with Gasteiger partial charge in [-0.25, -0.2) is 4.79 Å². The molecule has 3 N–H and O–H groups in total. The summed E-state index contributed by atoms with van der Waals surface area (Å²) in [6, 6.07) is 3.01. The number of halogens is 1. The first-order valence-electron chi connectivity index (χ1n) is 5.68. The molecular formula is C12H15ClN2O3. The van der Waals surface area contributed by atoms with Gasteiger partial charge in [0.1, 0.15) is 0 Å². The van der Waals surface area contributed by atoms with Crippen molar-refractivity contribution in [3.8, 4) is 0 Å². The average Bonchev–Trinajstić information content (AvgIpc) is 2.27. The number of nitrogen functional groups attached to an aromatic ring is 1. The first-order valence-corrected chi connectivity index (χ1v) is 6.05. The molecule has 0 aromatic heterocycles. The van der Waals surface area contributed by atoms with Crippen LogP contribution >= 0.6 is 11.6 Å². The minimum Gasteiger partial charge on any atom is -0.478 e. The van der Waals surface area contributed by atoms with Crippen LogP contribution in [-0.2, 0) is 4.74 Å².